The molecule has 3 N–H and O–H groups in total. The lowest BCUT2D eigenvalue weighted by molar-refractivity contribution is 0.422. The van der Waals surface area contributed by atoms with Gasteiger partial charge in [0.1, 0.15) is 0 Å². The third-order valence-corrected chi connectivity index (χ3v) is 2.56. The molecular weight excluding hydrogens is 206 g/mol. The van der Waals surface area contributed by atoms with E-state index in [9.17, 15) is 0 Å². The molecule has 0 amide bonds. The van der Waals surface area contributed by atoms with Crippen LogP contribution >= 0.6 is 0 Å². The summed E-state index contributed by atoms with van der Waals surface area (Å²) in [5.41, 5.74) is 3.24. The number of nitrogen functional groups attached to an aromatic ring is 1. The minimum atomic E-state index is 0.461. The first-order chi connectivity index (χ1) is 7.88. The molecule has 2 heterocycles. The molecule has 0 spiro atoms. The minimum Gasteiger partial charge on any atom is -0.334 e. The van der Waals surface area contributed by atoms with E-state index in [0.717, 1.165) is 24.2 Å². The predicted octanol–water partition coefficient (Wildman–Crippen LogP) is 1.29. The molecule has 0 saturated heterocycles. The summed E-state index contributed by atoms with van der Waals surface area (Å²) in [4.78, 5) is 8.42. The number of rotatable bonds is 3. The van der Waals surface area contributed by atoms with Crippen LogP contribution in [0, 0.1) is 0 Å². The molecule has 1 fully saturated rings. The zero-order valence-corrected chi connectivity index (χ0v) is 8.55. The summed E-state index contributed by atoms with van der Waals surface area (Å²) in [5.74, 6) is 7.62. The minimum absolute atomic E-state index is 0.461. The van der Waals surface area contributed by atoms with Gasteiger partial charge in [0.2, 0.25) is 0 Å². The van der Waals surface area contributed by atoms with Gasteiger partial charge in [-0.15, -0.1) is 0 Å². The molecule has 82 valence electrons. The molecule has 1 aliphatic carbocycles. The van der Waals surface area contributed by atoms with Crippen molar-refractivity contribution < 1.29 is 4.52 Å². The summed E-state index contributed by atoms with van der Waals surface area (Å²) < 4.78 is 5.20. The van der Waals surface area contributed by atoms with Crippen molar-refractivity contribution in [1.29, 1.82) is 0 Å². The molecule has 0 aliphatic heterocycles. The molecule has 0 atom stereocenters. The second kappa shape index (κ2) is 3.57. The van der Waals surface area contributed by atoms with Crippen LogP contribution in [-0.2, 0) is 0 Å². The standard InChI is InChI=1S/C10H11N5O/c11-14-9-7(2-1-5-12-9)10-13-8(15-16-10)6-3-4-6/h1-2,5-6H,3-4,11H2,(H,12,14). The Hall–Kier alpha value is -1.95. The maximum Gasteiger partial charge on any atom is 0.261 e. The summed E-state index contributed by atoms with van der Waals surface area (Å²) >= 11 is 0. The van der Waals surface area contributed by atoms with Crippen LogP contribution in [0.1, 0.15) is 24.6 Å². The normalized spacial score (nSPS) is 15.1. The van der Waals surface area contributed by atoms with Crippen LogP contribution in [0.15, 0.2) is 22.9 Å². The van der Waals surface area contributed by atoms with E-state index in [1.165, 1.54) is 0 Å². The lowest BCUT2D eigenvalue weighted by Gasteiger charge is -2.01. The number of aromatic nitrogens is 3. The van der Waals surface area contributed by atoms with Crippen molar-refractivity contribution >= 4 is 5.82 Å². The number of pyridine rings is 1. The quantitative estimate of drug-likeness (QED) is 0.594. The Labute approximate surface area is 91.8 Å². The van der Waals surface area contributed by atoms with Crippen LogP contribution < -0.4 is 11.3 Å². The fourth-order valence-electron chi connectivity index (χ4n) is 1.54. The third-order valence-electron chi connectivity index (χ3n) is 2.56. The Morgan fingerprint density at radius 3 is 3.06 bits per heavy atom. The maximum absolute atomic E-state index is 5.36. The Kier molecular flexibility index (Phi) is 2.07. The number of hydrogen-bond donors (Lipinski definition) is 2. The molecule has 1 aliphatic rings. The molecule has 16 heavy (non-hydrogen) atoms. The van der Waals surface area contributed by atoms with E-state index in [0.29, 0.717) is 17.6 Å². The van der Waals surface area contributed by atoms with E-state index >= 15 is 0 Å². The van der Waals surface area contributed by atoms with E-state index in [2.05, 4.69) is 20.6 Å². The number of hydrazine groups is 1. The van der Waals surface area contributed by atoms with Crippen LogP contribution in [-0.4, -0.2) is 15.1 Å². The van der Waals surface area contributed by atoms with Gasteiger partial charge < -0.3 is 9.95 Å². The molecule has 0 bridgehead atoms. The molecule has 6 heteroatoms. The van der Waals surface area contributed by atoms with E-state index in [4.69, 9.17) is 10.4 Å². The van der Waals surface area contributed by atoms with Crippen LogP contribution in [0.25, 0.3) is 11.5 Å². The lowest BCUT2D eigenvalue weighted by atomic mass is 10.2. The monoisotopic (exact) mass is 217 g/mol. The average molecular weight is 217 g/mol. The molecule has 0 unspecified atom stereocenters. The van der Waals surface area contributed by atoms with Crippen molar-refractivity contribution in [2.45, 2.75) is 18.8 Å². The second-order valence-corrected chi connectivity index (χ2v) is 3.78. The average Bonchev–Trinajstić information content (AvgIpc) is 3.07. The number of nitrogens with one attached hydrogen (secondary N) is 1. The van der Waals surface area contributed by atoms with Gasteiger partial charge in [-0.05, 0) is 25.0 Å². The summed E-state index contributed by atoms with van der Waals surface area (Å²) in [6, 6.07) is 3.64. The summed E-state index contributed by atoms with van der Waals surface area (Å²) in [6.45, 7) is 0. The molecule has 2 aromatic heterocycles. The highest BCUT2D eigenvalue weighted by atomic mass is 16.5. The van der Waals surface area contributed by atoms with Crippen molar-refractivity contribution in [3.05, 3.63) is 24.2 Å². The van der Waals surface area contributed by atoms with Crippen molar-refractivity contribution in [2.75, 3.05) is 5.43 Å². The van der Waals surface area contributed by atoms with Crippen molar-refractivity contribution in [1.82, 2.24) is 15.1 Å². The number of hydrogen-bond acceptors (Lipinski definition) is 6. The Bertz CT molecular complexity index is 505. The third kappa shape index (κ3) is 1.53. The van der Waals surface area contributed by atoms with Gasteiger partial charge in [0.25, 0.3) is 5.89 Å². The van der Waals surface area contributed by atoms with Gasteiger partial charge in [-0.25, -0.2) is 10.8 Å². The number of nitrogens with zero attached hydrogens (tertiary/aromatic N) is 3. The number of nitrogens with two attached hydrogens (primary N) is 1. The first kappa shape index (κ1) is 9.29. The number of anilines is 1. The van der Waals surface area contributed by atoms with E-state index < -0.39 is 0 Å². The highest BCUT2D eigenvalue weighted by Gasteiger charge is 2.29. The van der Waals surface area contributed by atoms with E-state index in [1.54, 1.807) is 12.3 Å². The van der Waals surface area contributed by atoms with Crippen molar-refractivity contribution in [2.24, 2.45) is 5.84 Å². The molecule has 0 radical (unpaired) electrons. The summed E-state index contributed by atoms with van der Waals surface area (Å²) in [7, 11) is 0. The Balaban J connectivity index is 2.00. The van der Waals surface area contributed by atoms with Gasteiger partial charge >= 0.3 is 0 Å². The highest BCUT2D eigenvalue weighted by molar-refractivity contribution is 5.68. The molecule has 2 aromatic rings. The Morgan fingerprint density at radius 1 is 1.44 bits per heavy atom. The second-order valence-electron chi connectivity index (χ2n) is 3.78. The SMILES string of the molecule is NNc1ncccc1-c1nc(C2CC2)no1. The van der Waals surface area contributed by atoms with E-state index in [-0.39, 0.29) is 0 Å². The molecule has 1 saturated carbocycles. The summed E-state index contributed by atoms with van der Waals surface area (Å²) in [6.07, 6.45) is 3.94. The van der Waals surface area contributed by atoms with Crippen molar-refractivity contribution in [3.63, 3.8) is 0 Å². The fraction of sp³-hybridized carbons (Fsp3) is 0.300. The summed E-state index contributed by atoms with van der Waals surface area (Å²) in [5, 5.41) is 3.95. The van der Waals surface area contributed by atoms with Crippen LogP contribution in [0.5, 0.6) is 0 Å². The van der Waals surface area contributed by atoms with Crippen LogP contribution in [0.4, 0.5) is 5.82 Å². The highest BCUT2D eigenvalue weighted by Crippen LogP contribution is 2.39. The largest absolute Gasteiger partial charge is 0.334 e. The van der Waals surface area contributed by atoms with Crippen molar-refractivity contribution in [3.8, 4) is 11.5 Å². The van der Waals surface area contributed by atoms with Gasteiger partial charge in [-0.1, -0.05) is 5.16 Å². The first-order valence-corrected chi connectivity index (χ1v) is 5.14. The lowest BCUT2D eigenvalue weighted by Crippen LogP contribution is -2.09. The van der Waals surface area contributed by atoms with E-state index in [1.807, 2.05) is 6.07 Å². The molecule has 6 nitrogen and oxygen atoms in total. The molecule has 0 aromatic carbocycles. The van der Waals surface area contributed by atoms with Gasteiger partial charge in [0.15, 0.2) is 11.6 Å². The molecule has 3 rings (SSSR count). The first-order valence-electron chi connectivity index (χ1n) is 5.14. The van der Waals surface area contributed by atoms with Gasteiger partial charge in [0.05, 0.1) is 5.56 Å². The maximum atomic E-state index is 5.36. The van der Waals surface area contributed by atoms with Crippen LogP contribution in [0.2, 0.25) is 0 Å². The smallest absolute Gasteiger partial charge is 0.261 e. The molecular formula is C10H11N5O. The fourth-order valence-corrected chi connectivity index (χ4v) is 1.54. The zero-order chi connectivity index (χ0) is 11.0. The van der Waals surface area contributed by atoms with Gasteiger partial charge in [-0.3, -0.25) is 0 Å². The predicted molar refractivity (Wildman–Crippen MR) is 57.3 cm³/mol. The Morgan fingerprint density at radius 2 is 2.31 bits per heavy atom. The van der Waals surface area contributed by atoms with Crippen LogP contribution in [0.3, 0.4) is 0 Å². The van der Waals surface area contributed by atoms with Gasteiger partial charge in [0, 0.05) is 12.1 Å². The zero-order valence-electron chi connectivity index (χ0n) is 8.55. The van der Waals surface area contributed by atoms with Gasteiger partial charge in [-0.2, -0.15) is 4.98 Å². The topological polar surface area (TPSA) is 89.9 Å².